The van der Waals surface area contributed by atoms with E-state index in [1.807, 2.05) is 6.07 Å². The van der Waals surface area contributed by atoms with E-state index in [0.717, 1.165) is 12.8 Å². The number of carbonyl (C=O) groups excluding carboxylic acids is 1. The molecule has 21 heavy (non-hydrogen) atoms. The van der Waals surface area contributed by atoms with Crippen LogP contribution in [0.25, 0.3) is 0 Å². The molecule has 0 spiro atoms. The molecule has 0 bridgehead atoms. The molecule has 0 saturated heterocycles. The van der Waals surface area contributed by atoms with Gasteiger partial charge in [-0.05, 0) is 24.3 Å². The molecule has 1 atom stereocenters. The summed E-state index contributed by atoms with van der Waals surface area (Å²) in [6, 6.07) is 7.89. The highest BCUT2D eigenvalue weighted by Crippen LogP contribution is 2.25. The Morgan fingerprint density at radius 3 is 2.29 bits per heavy atom. The smallest absolute Gasteiger partial charge is 0.330 e. The first-order valence-corrected chi connectivity index (χ1v) is 7.74. The van der Waals surface area contributed by atoms with Crippen molar-refractivity contribution in [2.45, 2.75) is 51.0 Å². The standard InChI is InChI=1S/C17H23NO3/c19-15(12-13-8-4-1-2-5-9-13)18-16(17(20)21)14-10-6-3-7-11-14/h3,6-7,10-11,13,16H,1-2,4-5,8-9,12H2,(H,18,19)(H,20,21)/t16-/m1/s1. The summed E-state index contributed by atoms with van der Waals surface area (Å²) in [4.78, 5) is 23.5. The minimum absolute atomic E-state index is 0.154. The lowest BCUT2D eigenvalue weighted by molar-refractivity contribution is -0.142. The fourth-order valence-electron chi connectivity index (χ4n) is 2.98. The Bertz CT molecular complexity index is 464. The van der Waals surface area contributed by atoms with Crippen LogP contribution in [-0.2, 0) is 9.59 Å². The van der Waals surface area contributed by atoms with Gasteiger partial charge < -0.3 is 10.4 Å². The summed E-state index contributed by atoms with van der Waals surface area (Å²) in [6.45, 7) is 0. The van der Waals surface area contributed by atoms with E-state index in [1.165, 1.54) is 25.7 Å². The summed E-state index contributed by atoms with van der Waals surface area (Å²) < 4.78 is 0. The van der Waals surface area contributed by atoms with Crippen molar-refractivity contribution in [2.24, 2.45) is 5.92 Å². The zero-order chi connectivity index (χ0) is 15.1. The largest absolute Gasteiger partial charge is 0.479 e. The Labute approximate surface area is 125 Å². The van der Waals surface area contributed by atoms with Gasteiger partial charge in [-0.3, -0.25) is 4.79 Å². The first-order chi connectivity index (χ1) is 10.2. The van der Waals surface area contributed by atoms with Crippen molar-refractivity contribution in [1.82, 2.24) is 5.32 Å². The third kappa shape index (κ3) is 4.88. The molecule has 0 heterocycles. The average molecular weight is 289 g/mol. The Morgan fingerprint density at radius 1 is 1.10 bits per heavy atom. The molecule has 1 saturated carbocycles. The summed E-state index contributed by atoms with van der Waals surface area (Å²) in [6.07, 6.45) is 7.46. The van der Waals surface area contributed by atoms with Gasteiger partial charge in [-0.15, -0.1) is 0 Å². The van der Waals surface area contributed by atoms with Gasteiger partial charge in [0, 0.05) is 6.42 Å². The molecule has 0 aliphatic heterocycles. The van der Waals surface area contributed by atoms with Gasteiger partial charge in [-0.2, -0.15) is 0 Å². The van der Waals surface area contributed by atoms with E-state index >= 15 is 0 Å². The van der Waals surface area contributed by atoms with Crippen molar-refractivity contribution in [3.05, 3.63) is 35.9 Å². The van der Waals surface area contributed by atoms with Crippen molar-refractivity contribution >= 4 is 11.9 Å². The van der Waals surface area contributed by atoms with E-state index < -0.39 is 12.0 Å². The highest BCUT2D eigenvalue weighted by molar-refractivity contribution is 5.84. The quantitative estimate of drug-likeness (QED) is 0.817. The SMILES string of the molecule is O=C(CC1CCCCCC1)N[C@@H](C(=O)O)c1ccccc1. The monoisotopic (exact) mass is 289 g/mol. The molecule has 0 aromatic heterocycles. The van der Waals surface area contributed by atoms with Crippen molar-refractivity contribution in [3.8, 4) is 0 Å². The third-order valence-corrected chi connectivity index (χ3v) is 4.13. The van der Waals surface area contributed by atoms with Gasteiger partial charge in [0.05, 0.1) is 0 Å². The van der Waals surface area contributed by atoms with Crippen LogP contribution in [0.5, 0.6) is 0 Å². The van der Waals surface area contributed by atoms with E-state index in [4.69, 9.17) is 0 Å². The number of rotatable bonds is 5. The summed E-state index contributed by atoms with van der Waals surface area (Å²) in [5.74, 6) is -0.772. The summed E-state index contributed by atoms with van der Waals surface area (Å²) in [5, 5.41) is 12.0. The number of hydrogen-bond acceptors (Lipinski definition) is 2. The number of aliphatic carboxylic acids is 1. The summed E-state index contributed by atoms with van der Waals surface area (Å²) in [5.41, 5.74) is 0.610. The Hall–Kier alpha value is -1.84. The third-order valence-electron chi connectivity index (χ3n) is 4.13. The van der Waals surface area contributed by atoms with Gasteiger partial charge in [-0.1, -0.05) is 56.0 Å². The summed E-state index contributed by atoms with van der Waals surface area (Å²) >= 11 is 0. The Balaban J connectivity index is 1.94. The molecule has 1 fully saturated rings. The zero-order valence-electron chi connectivity index (χ0n) is 12.3. The molecular weight excluding hydrogens is 266 g/mol. The Morgan fingerprint density at radius 2 is 1.71 bits per heavy atom. The minimum atomic E-state index is -1.02. The maximum absolute atomic E-state index is 12.1. The lowest BCUT2D eigenvalue weighted by Crippen LogP contribution is -2.34. The second kappa shape index (κ2) is 7.81. The molecule has 1 aromatic rings. The van der Waals surface area contributed by atoms with Crippen LogP contribution in [0.1, 0.15) is 56.6 Å². The van der Waals surface area contributed by atoms with Crippen LogP contribution in [0.2, 0.25) is 0 Å². The van der Waals surface area contributed by atoms with Crippen molar-refractivity contribution in [1.29, 1.82) is 0 Å². The lowest BCUT2D eigenvalue weighted by Gasteiger charge is -2.18. The molecule has 2 rings (SSSR count). The minimum Gasteiger partial charge on any atom is -0.479 e. The van der Waals surface area contributed by atoms with E-state index in [2.05, 4.69) is 5.32 Å². The topological polar surface area (TPSA) is 66.4 Å². The first-order valence-electron chi connectivity index (χ1n) is 7.74. The maximum Gasteiger partial charge on any atom is 0.330 e. The average Bonchev–Trinajstić information content (AvgIpc) is 2.74. The van der Waals surface area contributed by atoms with Crippen LogP contribution in [0.4, 0.5) is 0 Å². The van der Waals surface area contributed by atoms with E-state index in [1.54, 1.807) is 24.3 Å². The number of carboxylic acids is 1. The molecule has 1 aliphatic carbocycles. The second-order valence-corrected chi connectivity index (χ2v) is 5.81. The van der Waals surface area contributed by atoms with Crippen LogP contribution >= 0.6 is 0 Å². The first kappa shape index (κ1) is 15.5. The molecule has 0 radical (unpaired) electrons. The molecule has 0 unspecified atom stereocenters. The van der Waals surface area contributed by atoms with Crippen LogP contribution < -0.4 is 5.32 Å². The fraction of sp³-hybridized carbons (Fsp3) is 0.529. The van der Waals surface area contributed by atoms with Crippen LogP contribution in [-0.4, -0.2) is 17.0 Å². The number of nitrogens with one attached hydrogen (secondary N) is 1. The summed E-state index contributed by atoms with van der Waals surface area (Å²) in [7, 11) is 0. The molecular formula is C17H23NO3. The van der Waals surface area contributed by atoms with Gasteiger partial charge >= 0.3 is 5.97 Å². The highest BCUT2D eigenvalue weighted by Gasteiger charge is 2.23. The zero-order valence-corrected chi connectivity index (χ0v) is 12.3. The van der Waals surface area contributed by atoms with Crippen molar-refractivity contribution in [3.63, 3.8) is 0 Å². The molecule has 114 valence electrons. The molecule has 1 aromatic carbocycles. The predicted molar refractivity (Wildman–Crippen MR) is 80.8 cm³/mol. The van der Waals surface area contributed by atoms with Gasteiger partial charge in [0.2, 0.25) is 5.91 Å². The van der Waals surface area contributed by atoms with Gasteiger partial charge in [0.15, 0.2) is 6.04 Å². The van der Waals surface area contributed by atoms with Crippen molar-refractivity contribution < 1.29 is 14.7 Å². The van der Waals surface area contributed by atoms with Crippen molar-refractivity contribution in [2.75, 3.05) is 0 Å². The predicted octanol–water partition coefficient (Wildman–Crippen LogP) is 3.29. The number of hydrogen-bond donors (Lipinski definition) is 2. The number of carboxylic acid groups (broad SMARTS) is 1. The van der Waals surface area contributed by atoms with Gasteiger partial charge in [0.25, 0.3) is 0 Å². The molecule has 1 aliphatic rings. The normalized spacial score (nSPS) is 17.7. The van der Waals surface area contributed by atoms with E-state index in [9.17, 15) is 14.7 Å². The molecule has 4 heteroatoms. The van der Waals surface area contributed by atoms with Crippen LogP contribution in [0.3, 0.4) is 0 Å². The van der Waals surface area contributed by atoms with E-state index in [0.29, 0.717) is 17.9 Å². The van der Waals surface area contributed by atoms with E-state index in [-0.39, 0.29) is 5.91 Å². The highest BCUT2D eigenvalue weighted by atomic mass is 16.4. The van der Waals surface area contributed by atoms with Gasteiger partial charge in [-0.25, -0.2) is 4.79 Å². The number of carbonyl (C=O) groups is 2. The fourth-order valence-corrected chi connectivity index (χ4v) is 2.98. The second-order valence-electron chi connectivity index (χ2n) is 5.81. The molecule has 1 amide bonds. The number of benzene rings is 1. The molecule has 2 N–H and O–H groups in total. The Kier molecular flexibility index (Phi) is 5.78. The lowest BCUT2D eigenvalue weighted by atomic mass is 9.96. The van der Waals surface area contributed by atoms with Crippen LogP contribution in [0.15, 0.2) is 30.3 Å². The molecule has 4 nitrogen and oxygen atoms in total. The van der Waals surface area contributed by atoms with Gasteiger partial charge in [0.1, 0.15) is 0 Å². The maximum atomic E-state index is 12.1. The van der Waals surface area contributed by atoms with Crippen LogP contribution in [0, 0.1) is 5.92 Å². The number of amides is 1.